The topological polar surface area (TPSA) is 85.4 Å². The molecule has 0 aliphatic heterocycles. The number of aromatic nitrogens is 1. The second kappa shape index (κ2) is 5.77. The predicted molar refractivity (Wildman–Crippen MR) is 70.7 cm³/mol. The lowest BCUT2D eigenvalue weighted by atomic mass is 10.0. The molecule has 1 heterocycles. The summed E-state index contributed by atoms with van der Waals surface area (Å²) in [7, 11) is 0. The van der Waals surface area contributed by atoms with Crippen molar-refractivity contribution in [2.24, 2.45) is 5.73 Å². The monoisotopic (exact) mass is 316 g/mol. The summed E-state index contributed by atoms with van der Waals surface area (Å²) in [5.74, 6) is -0.647. The maximum Gasteiger partial charge on any atom is 0.326 e. The number of aliphatic hydroxyl groups excluding tert-OH is 1. The molecule has 0 aromatic carbocycles. The van der Waals surface area contributed by atoms with Crippen molar-refractivity contribution in [2.45, 2.75) is 38.5 Å². The van der Waals surface area contributed by atoms with Crippen LogP contribution in [-0.4, -0.2) is 27.7 Å². The number of carbonyl (C=O) groups is 1. The van der Waals surface area contributed by atoms with Crippen LogP contribution in [0.15, 0.2) is 22.9 Å². The van der Waals surface area contributed by atoms with Crippen molar-refractivity contribution in [1.82, 2.24) is 4.98 Å². The Morgan fingerprint density at radius 1 is 1.56 bits per heavy atom. The van der Waals surface area contributed by atoms with E-state index in [1.165, 1.54) is 0 Å². The van der Waals surface area contributed by atoms with Crippen molar-refractivity contribution >= 4 is 21.9 Å². The molecule has 1 aromatic rings. The number of nitrogens with two attached hydrogens (primary N) is 1. The maximum absolute atomic E-state index is 11.7. The molecule has 0 amide bonds. The third kappa shape index (κ3) is 4.04. The molecule has 0 aliphatic rings. The second-order valence-electron chi connectivity index (χ2n) is 4.89. The van der Waals surface area contributed by atoms with E-state index in [4.69, 9.17) is 10.5 Å². The molecular weight excluding hydrogens is 300 g/mol. The highest BCUT2D eigenvalue weighted by Crippen LogP contribution is 2.24. The van der Waals surface area contributed by atoms with E-state index in [9.17, 15) is 9.90 Å². The van der Waals surface area contributed by atoms with Crippen LogP contribution in [0.1, 0.15) is 32.4 Å². The lowest BCUT2D eigenvalue weighted by molar-refractivity contribution is -0.159. The summed E-state index contributed by atoms with van der Waals surface area (Å²) in [6.45, 7) is 5.22. The van der Waals surface area contributed by atoms with Crippen molar-refractivity contribution in [3.63, 3.8) is 0 Å². The largest absolute Gasteiger partial charge is 0.459 e. The number of halogens is 1. The molecule has 0 bridgehead atoms. The highest BCUT2D eigenvalue weighted by Gasteiger charge is 2.30. The zero-order chi connectivity index (χ0) is 13.9. The Balaban J connectivity index is 2.82. The first-order chi connectivity index (χ1) is 8.22. The summed E-state index contributed by atoms with van der Waals surface area (Å²) in [6, 6.07) is 2.15. The van der Waals surface area contributed by atoms with E-state index in [2.05, 4.69) is 20.9 Å². The van der Waals surface area contributed by atoms with Gasteiger partial charge in [-0.3, -0.25) is 4.79 Å². The molecule has 6 heteroatoms. The van der Waals surface area contributed by atoms with E-state index in [1.807, 2.05) is 0 Å². The first-order valence-electron chi connectivity index (χ1n) is 5.49. The van der Waals surface area contributed by atoms with Gasteiger partial charge in [0.2, 0.25) is 0 Å². The van der Waals surface area contributed by atoms with Gasteiger partial charge in [-0.15, -0.1) is 0 Å². The quantitative estimate of drug-likeness (QED) is 0.652. The normalized spacial score (nSPS) is 15.0. The Kier molecular flexibility index (Phi) is 4.84. The lowest BCUT2D eigenvalue weighted by Crippen LogP contribution is -2.41. The van der Waals surface area contributed by atoms with Crippen LogP contribution in [0.4, 0.5) is 0 Å². The van der Waals surface area contributed by atoms with Crippen LogP contribution < -0.4 is 5.73 Å². The van der Waals surface area contributed by atoms with Crippen molar-refractivity contribution in [1.29, 1.82) is 0 Å². The zero-order valence-corrected chi connectivity index (χ0v) is 12.1. The van der Waals surface area contributed by atoms with Crippen molar-refractivity contribution < 1.29 is 14.6 Å². The predicted octanol–water partition coefficient (Wildman–Crippen LogP) is 1.55. The van der Waals surface area contributed by atoms with Gasteiger partial charge in [-0.25, -0.2) is 4.98 Å². The summed E-state index contributed by atoms with van der Waals surface area (Å²) >= 11 is 3.20. The van der Waals surface area contributed by atoms with Crippen molar-refractivity contribution in [2.75, 3.05) is 0 Å². The summed E-state index contributed by atoms with van der Waals surface area (Å²) in [5.41, 5.74) is 5.51. The number of ether oxygens (including phenoxy) is 1. The van der Waals surface area contributed by atoms with Gasteiger partial charge >= 0.3 is 5.97 Å². The maximum atomic E-state index is 11.7. The lowest BCUT2D eigenvalue weighted by Gasteiger charge is -2.24. The molecular formula is C12H17BrN2O3. The fourth-order valence-electron chi connectivity index (χ4n) is 1.31. The molecule has 0 aliphatic carbocycles. The van der Waals surface area contributed by atoms with E-state index in [0.717, 1.165) is 0 Å². The third-order valence-electron chi connectivity index (χ3n) is 2.13. The molecule has 5 nitrogen and oxygen atoms in total. The van der Waals surface area contributed by atoms with Crippen molar-refractivity contribution in [3.05, 3.63) is 28.5 Å². The van der Waals surface area contributed by atoms with Gasteiger partial charge in [0.1, 0.15) is 22.4 Å². The Hall–Kier alpha value is -0.980. The third-order valence-corrected chi connectivity index (χ3v) is 2.79. The highest BCUT2D eigenvalue weighted by atomic mass is 79.9. The number of esters is 1. The SMILES string of the molecule is CC(C)(C)OC(=O)[C@H](N)[C@@H](O)c1cccnc1Br. The number of pyridine rings is 1. The number of rotatable bonds is 3. The Morgan fingerprint density at radius 2 is 2.17 bits per heavy atom. The first-order valence-corrected chi connectivity index (χ1v) is 6.28. The van der Waals surface area contributed by atoms with Crippen molar-refractivity contribution in [3.8, 4) is 0 Å². The van der Waals surface area contributed by atoms with E-state index in [-0.39, 0.29) is 0 Å². The molecule has 0 saturated heterocycles. The van der Waals surface area contributed by atoms with Gasteiger partial charge in [0.15, 0.2) is 0 Å². The van der Waals surface area contributed by atoms with Crippen LogP contribution in [0.3, 0.4) is 0 Å². The molecule has 0 fully saturated rings. The van der Waals surface area contributed by atoms with Gasteiger partial charge in [-0.05, 0) is 42.8 Å². The second-order valence-corrected chi connectivity index (χ2v) is 5.64. The molecule has 1 rings (SSSR count). The van der Waals surface area contributed by atoms with E-state index in [0.29, 0.717) is 10.2 Å². The van der Waals surface area contributed by atoms with E-state index in [1.54, 1.807) is 39.1 Å². The number of nitrogens with zero attached hydrogens (tertiary/aromatic N) is 1. The Labute approximate surface area is 114 Å². The van der Waals surface area contributed by atoms with E-state index >= 15 is 0 Å². The van der Waals surface area contributed by atoms with Gasteiger partial charge in [0, 0.05) is 11.8 Å². The van der Waals surface area contributed by atoms with Gasteiger partial charge in [0.05, 0.1) is 0 Å². The van der Waals surface area contributed by atoms with E-state index < -0.39 is 23.7 Å². The summed E-state index contributed by atoms with van der Waals surface area (Å²) in [6.07, 6.45) is 0.405. The molecule has 18 heavy (non-hydrogen) atoms. The summed E-state index contributed by atoms with van der Waals surface area (Å²) in [4.78, 5) is 15.7. The number of aliphatic hydroxyl groups is 1. The molecule has 100 valence electrons. The molecule has 0 spiro atoms. The standard InChI is InChI=1S/C12H17BrN2O3/c1-12(2,3)18-11(17)8(14)9(16)7-5-4-6-15-10(7)13/h4-6,8-9,16H,14H2,1-3H3/t8-,9+/m1/s1. The van der Waals surface area contributed by atoms with Gasteiger partial charge < -0.3 is 15.6 Å². The highest BCUT2D eigenvalue weighted by molar-refractivity contribution is 9.10. The molecule has 0 unspecified atom stereocenters. The summed E-state index contributed by atoms with van der Waals surface area (Å²) < 4.78 is 5.58. The smallest absolute Gasteiger partial charge is 0.326 e. The van der Waals surface area contributed by atoms with Crippen LogP contribution in [0, 0.1) is 0 Å². The molecule has 2 atom stereocenters. The molecule has 0 saturated carbocycles. The molecule has 1 aromatic heterocycles. The number of hydrogen-bond acceptors (Lipinski definition) is 5. The van der Waals surface area contributed by atoms with Crippen LogP contribution in [0.5, 0.6) is 0 Å². The molecule has 0 radical (unpaired) electrons. The number of hydrogen-bond donors (Lipinski definition) is 2. The minimum absolute atomic E-state index is 0.454. The van der Waals surface area contributed by atoms with Crippen LogP contribution >= 0.6 is 15.9 Å². The van der Waals surface area contributed by atoms with Gasteiger partial charge in [-0.2, -0.15) is 0 Å². The minimum Gasteiger partial charge on any atom is -0.459 e. The zero-order valence-electron chi connectivity index (χ0n) is 10.6. The van der Waals surface area contributed by atoms with Crippen LogP contribution in [0.25, 0.3) is 0 Å². The number of carbonyl (C=O) groups excluding carboxylic acids is 1. The minimum atomic E-state index is -1.16. The van der Waals surface area contributed by atoms with Gasteiger partial charge in [-0.1, -0.05) is 6.07 Å². The Morgan fingerprint density at radius 3 is 2.67 bits per heavy atom. The summed E-state index contributed by atoms with van der Waals surface area (Å²) in [5, 5.41) is 10.0. The fourth-order valence-corrected chi connectivity index (χ4v) is 1.80. The van der Waals surface area contributed by atoms with Crippen LogP contribution in [0.2, 0.25) is 0 Å². The van der Waals surface area contributed by atoms with Gasteiger partial charge in [0.25, 0.3) is 0 Å². The van der Waals surface area contributed by atoms with Crippen LogP contribution in [-0.2, 0) is 9.53 Å². The average Bonchev–Trinajstić information content (AvgIpc) is 2.25. The molecule has 3 N–H and O–H groups in total. The Bertz CT molecular complexity index is 432. The average molecular weight is 317 g/mol. The first kappa shape index (κ1) is 15.1. The fraction of sp³-hybridized carbons (Fsp3) is 0.500.